The monoisotopic (exact) mass is 230 g/mol. The Hall–Kier alpha value is -1.09. The Morgan fingerprint density at radius 2 is 1.93 bits per heavy atom. The Morgan fingerprint density at radius 3 is 2.40 bits per heavy atom. The van der Waals surface area contributed by atoms with Gasteiger partial charge in [-0.25, -0.2) is 4.39 Å². The van der Waals surface area contributed by atoms with Crippen molar-refractivity contribution in [3.63, 3.8) is 0 Å². The van der Waals surface area contributed by atoms with Crippen molar-refractivity contribution in [1.29, 1.82) is 0 Å². The molecule has 0 bridgehead atoms. The minimum Gasteiger partial charge on any atom is -0.506 e. The van der Waals surface area contributed by atoms with Gasteiger partial charge in [0.1, 0.15) is 11.6 Å². The van der Waals surface area contributed by atoms with Crippen LogP contribution in [-0.2, 0) is 0 Å². The van der Waals surface area contributed by atoms with Crippen molar-refractivity contribution in [2.75, 3.05) is 0 Å². The second-order valence-electron chi connectivity index (χ2n) is 4.36. The van der Waals surface area contributed by atoms with Gasteiger partial charge in [0.25, 0.3) is 0 Å². The maximum absolute atomic E-state index is 13.0. The quantitative estimate of drug-likeness (QED) is 0.751. The van der Waals surface area contributed by atoms with Crippen LogP contribution in [0.2, 0.25) is 5.02 Å². The Balaban J connectivity index is 3.32. The highest BCUT2D eigenvalue weighted by molar-refractivity contribution is 6.32. The van der Waals surface area contributed by atoms with E-state index in [1.807, 2.05) is 0 Å². The summed E-state index contributed by atoms with van der Waals surface area (Å²) in [7, 11) is 0. The third-order valence-corrected chi connectivity index (χ3v) is 2.24. The van der Waals surface area contributed by atoms with Gasteiger partial charge < -0.3 is 5.11 Å². The number of rotatable bonds is 1. The van der Waals surface area contributed by atoms with Gasteiger partial charge in [0.15, 0.2) is 5.78 Å². The predicted octanol–water partition coefficient (Wildman–Crippen LogP) is 3.41. The Morgan fingerprint density at radius 1 is 1.40 bits per heavy atom. The summed E-state index contributed by atoms with van der Waals surface area (Å²) in [6.07, 6.45) is 0. The molecule has 1 rings (SSSR count). The van der Waals surface area contributed by atoms with Crippen molar-refractivity contribution in [2.45, 2.75) is 20.8 Å². The summed E-state index contributed by atoms with van der Waals surface area (Å²) < 4.78 is 13.0. The smallest absolute Gasteiger partial charge is 0.172 e. The molecule has 15 heavy (non-hydrogen) atoms. The molecule has 0 aromatic heterocycles. The molecule has 0 saturated carbocycles. The number of carbonyl (C=O) groups excluding carboxylic acids is 1. The molecule has 1 aromatic carbocycles. The highest BCUT2D eigenvalue weighted by atomic mass is 35.5. The van der Waals surface area contributed by atoms with E-state index in [0.29, 0.717) is 0 Å². The second kappa shape index (κ2) is 3.81. The van der Waals surface area contributed by atoms with Crippen molar-refractivity contribution >= 4 is 17.4 Å². The summed E-state index contributed by atoms with van der Waals surface area (Å²) >= 11 is 5.57. The van der Waals surface area contributed by atoms with Crippen LogP contribution in [-0.4, -0.2) is 10.9 Å². The summed E-state index contributed by atoms with van der Waals surface area (Å²) in [5, 5.41) is 9.39. The molecular formula is C11H12ClFO2. The van der Waals surface area contributed by atoms with Crippen LogP contribution >= 0.6 is 11.6 Å². The molecule has 0 heterocycles. The molecule has 0 radical (unpaired) electrons. The summed E-state index contributed by atoms with van der Waals surface area (Å²) in [4.78, 5) is 11.8. The van der Waals surface area contributed by atoms with Gasteiger partial charge in [-0.3, -0.25) is 4.79 Å². The minimum atomic E-state index is -0.686. The lowest BCUT2D eigenvalue weighted by Gasteiger charge is -2.17. The standard InChI is InChI=1S/C11H12ClFO2/c1-11(2,3)10(15)7-4-6(13)5-8(12)9(7)14/h4-5,14H,1-3H3. The molecule has 1 aromatic rings. The normalized spacial score (nSPS) is 11.5. The fraction of sp³-hybridized carbons (Fsp3) is 0.364. The maximum atomic E-state index is 13.0. The zero-order valence-electron chi connectivity index (χ0n) is 8.77. The number of ketones is 1. The molecule has 4 heteroatoms. The molecule has 0 aliphatic rings. The fourth-order valence-electron chi connectivity index (χ4n) is 1.14. The van der Waals surface area contributed by atoms with Crippen LogP contribution in [0.25, 0.3) is 0 Å². The van der Waals surface area contributed by atoms with E-state index in [0.717, 1.165) is 12.1 Å². The number of hydrogen-bond donors (Lipinski definition) is 1. The average Bonchev–Trinajstić information content (AvgIpc) is 2.08. The Labute approximate surface area is 92.7 Å². The maximum Gasteiger partial charge on any atom is 0.172 e. The molecule has 0 amide bonds. The molecule has 0 saturated heterocycles. The molecule has 2 nitrogen and oxygen atoms in total. The Kier molecular flexibility index (Phi) is 3.05. The number of phenols is 1. The van der Waals surface area contributed by atoms with E-state index in [9.17, 15) is 14.3 Å². The van der Waals surface area contributed by atoms with Crippen molar-refractivity contribution in [3.05, 3.63) is 28.5 Å². The molecule has 0 atom stereocenters. The highest BCUT2D eigenvalue weighted by Gasteiger charge is 2.26. The summed E-state index contributed by atoms with van der Waals surface area (Å²) in [5.41, 5.74) is -0.762. The van der Waals surface area contributed by atoms with Gasteiger partial charge in [-0.2, -0.15) is 0 Å². The second-order valence-corrected chi connectivity index (χ2v) is 4.77. The van der Waals surface area contributed by atoms with Crippen molar-refractivity contribution in [2.24, 2.45) is 5.41 Å². The summed E-state index contributed by atoms with van der Waals surface area (Å²) in [6, 6.07) is 1.96. The van der Waals surface area contributed by atoms with Gasteiger partial charge in [0.05, 0.1) is 10.6 Å². The highest BCUT2D eigenvalue weighted by Crippen LogP contribution is 2.33. The van der Waals surface area contributed by atoms with Crippen molar-refractivity contribution in [1.82, 2.24) is 0 Å². The third kappa shape index (κ3) is 2.48. The van der Waals surface area contributed by atoms with E-state index in [1.54, 1.807) is 20.8 Å². The molecule has 1 N–H and O–H groups in total. The van der Waals surface area contributed by atoms with Gasteiger partial charge in [0.2, 0.25) is 0 Å². The lowest BCUT2D eigenvalue weighted by Crippen LogP contribution is -2.20. The van der Waals surface area contributed by atoms with Crippen LogP contribution in [0.1, 0.15) is 31.1 Å². The van der Waals surface area contributed by atoms with Crippen LogP contribution in [0.15, 0.2) is 12.1 Å². The molecule has 0 aliphatic carbocycles. The summed E-state index contributed by atoms with van der Waals surface area (Å²) in [5.74, 6) is -1.34. The molecular weight excluding hydrogens is 219 g/mol. The number of phenolic OH excluding ortho intramolecular Hbond substituents is 1. The lowest BCUT2D eigenvalue weighted by atomic mass is 9.86. The largest absolute Gasteiger partial charge is 0.506 e. The molecule has 0 unspecified atom stereocenters. The van der Waals surface area contributed by atoms with E-state index in [-0.39, 0.29) is 22.1 Å². The number of carbonyl (C=O) groups is 1. The van der Waals surface area contributed by atoms with Crippen LogP contribution in [0, 0.1) is 11.2 Å². The first-order valence-corrected chi connectivity index (χ1v) is 4.84. The van der Waals surface area contributed by atoms with Crippen molar-refractivity contribution < 1.29 is 14.3 Å². The minimum absolute atomic E-state index is 0.0764. The topological polar surface area (TPSA) is 37.3 Å². The van der Waals surface area contributed by atoms with Gasteiger partial charge in [-0.05, 0) is 12.1 Å². The fourth-order valence-corrected chi connectivity index (χ4v) is 1.35. The summed E-state index contributed by atoms with van der Waals surface area (Å²) in [6.45, 7) is 5.06. The van der Waals surface area contributed by atoms with E-state index in [1.165, 1.54) is 0 Å². The Bertz CT molecular complexity index is 408. The molecule has 82 valence electrons. The van der Waals surface area contributed by atoms with E-state index >= 15 is 0 Å². The van der Waals surface area contributed by atoms with E-state index in [4.69, 9.17) is 11.6 Å². The number of hydrogen-bond acceptors (Lipinski definition) is 2. The van der Waals surface area contributed by atoms with Gasteiger partial charge >= 0.3 is 0 Å². The number of benzene rings is 1. The number of halogens is 2. The lowest BCUT2D eigenvalue weighted by molar-refractivity contribution is 0.0855. The van der Waals surface area contributed by atoms with Gasteiger partial charge in [-0.15, -0.1) is 0 Å². The third-order valence-electron chi connectivity index (χ3n) is 1.95. The molecule has 0 fully saturated rings. The first kappa shape index (κ1) is 12.0. The number of aromatic hydroxyl groups is 1. The SMILES string of the molecule is CC(C)(C)C(=O)c1cc(F)cc(Cl)c1O. The van der Waals surface area contributed by atoms with Crippen LogP contribution < -0.4 is 0 Å². The molecule has 0 aliphatic heterocycles. The first-order valence-electron chi connectivity index (χ1n) is 4.46. The zero-order valence-corrected chi connectivity index (χ0v) is 9.52. The molecule has 0 spiro atoms. The first-order chi connectivity index (χ1) is 6.73. The van der Waals surface area contributed by atoms with Crippen LogP contribution in [0.3, 0.4) is 0 Å². The number of Topliss-reactive ketones (excluding diaryl/α,β-unsaturated/α-hetero) is 1. The zero-order chi connectivity index (χ0) is 11.8. The predicted molar refractivity (Wildman–Crippen MR) is 56.9 cm³/mol. The van der Waals surface area contributed by atoms with Crippen LogP contribution in [0.5, 0.6) is 5.75 Å². The van der Waals surface area contributed by atoms with E-state index < -0.39 is 11.2 Å². The van der Waals surface area contributed by atoms with Gasteiger partial charge in [0, 0.05) is 5.41 Å². The van der Waals surface area contributed by atoms with Crippen LogP contribution in [0.4, 0.5) is 4.39 Å². The van der Waals surface area contributed by atoms with Gasteiger partial charge in [-0.1, -0.05) is 32.4 Å². The van der Waals surface area contributed by atoms with Crippen molar-refractivity contribution in [3.8, 4) is 5.75 Å². The average molecular weight is 231 g/mol. The van der Waals surface area contributed by atoms with E-state index in [2.05, 4.69) is 0 Å².